The van der Waals surface area contributed by atoms with E-state index in [2.05, 4.69) is 15.5 Å². The van der Waals surface area contributed by atoms with E-state index in [4.69, 9.17) is 11.6 Å². The van der Waals surface area contributed by atoms with Crippen molar-refractivity contribution in [2.75, 3.05) is 5.32 Å². The fourth-order valence-corrected chi connectivity index (χ4v) is 3.33. The fraction of sp³-hybridized carbons (Fsp3) is 0.381. The lowest BCUT2D eigenvalue weighted by Gasteiger charge is -2.12. The van der Waals surface area contributed by atoms with Gasteiger partial charge in [-0.15, -0.1) is 0 Å². The van der Waals surface area contributed by atoms with E-state index in [9.17, 15) is 18.0 Å². The Morgan fingerprint density at radius 2 is 1.87 bits per heavy atom. The first-order valence-electron chi connectivity index (χ1n) is 9.66. The number of benzene rings is 1. The highest BCUT2D eigenvalue weighted by molar-refractivity contribution is 6.31. The molecule has 0 spiro atoms. The van der Waals surface area contributed by atoms with Crippen LogP contribution in [0.25, 0.3) is 0 Å². The number of aryl methyl sites for hydroxylation is 2. The van der Waals surface area contributed by atoms with E-state index in [1.165, 1.54) is 6.07 Å². The number of carbonyl (C=O) groups is 1. The second-order valence-corrected chi connectivity index (χ2v) is 7.96. The van der Waals surface area contributed by atoms with Gasteiger partial charge in [-0.1, -0.05) is 30.7 Å². The SMILES string of the molecule is Cc1nn(CC(C)C(=O)Nc2cc(C)n(Cc3cccc(C(F)(F)F)c3)n2)c(C)c1Cl. The molecule has 1 aromatic carbocycles. The molecule has 1 atom stereocenters. The van der Waals surface area contributed by atoms with Crippen LogP contribution in [-0.2, 0) is 24.1 Å². The van der Waals surface area contributed by atoms with Gasteiger partial charge >= 0.3 is 6.18 Å². The molecule has 31 heavy (non-hydrogen) atoms. The molecule has 10 heteroatoms. The first-order valence-corrected chi connectivity index (χ1v) is 10.0. The topological polar surface area (TPSA) is 64.7 Å². The highest BCUT2D eigenvalue weighted by atomic mass is 35.5. The zero-order valence-corrected chi connectivity index (χ0v) is 18.3. The summed E-state index contributed by atoms with van der Waals surface area (Å²) in [6.45, 7) is 7.70. The number of amides is 1. The van der Waals surface area contributed by atoms with Crippen LogP contribution in [0, 0.1) is 26.7 Å². The van der Waals surface area contributed by atoms with Crippen LogP contribution >= 0.6 is 11.6 Å². The van der Waals surface area contributed by atoms with Crippen molar-refractivity contribution in [3.8, 4) is 0 Å². The summed E-state index contributed by atoms with van der Waals surface area (Å²) in [5.41, 5.74) is 1.97. The van der Waals surface area contributed by atoms with Crippen molar-refractivity contribution in [1.29, 1.82) is 0 Å². The van der Waals surface area contributed by atoms with Crippen molar-refractivity contribution in [2.24, 2.45) is 5.92 Å². The third-order valence-electron chi connectivity index (χ3n) is 5.01. The molecule has 2 aromatic heterocycles. The number of alkyl halides is 3. The number of anilines is 1. The second kappa shape index (κ2) is 8.74. The molecule has 0 saturated carbocycles. The first-order chi connectivity index (χ1) is 14.5. The summed E-state index contributed by atoms with van der Waals surface area (Å²) < 4.78 is 42.0. The number of hydrogen-bond acceptors (Lipinski definition) is 3. The maximum Gasteiger partial charge on any atom is 0.416 e. The van der Waals surface area contributed by atoms with Crippen LogP contribution in [0.15, 0.2) is 30.3 Å². The van der Waals surface area contributed by atoms with E-state index in [0.29, 0.717) is 34.3 Å². The molecular formula is C21H23ClF3N5O. The van der Waals surface area contributed by atoms with Crippen LogP contribution in [0.3, 0.4) is 0 Å². The molecule has 0 fully saturated rings. The maximum absolute atomic E-state index is 12.9. The van der Waals surface area contributed by atoms with Crippen LogP contribution in [0.5, 0.6) is 0 Å². The molecule has 2 heterocycles. The van der Waals surface area contributed by atoms with Gasteiger partial charge < -0.3 is 5.32 Å². The average Bonchev–Trinajstić information content (AvgIpc) is 3.15. The summed E-state index contributed by atoms with van der Waals surface area (Å²) in [7, 11) is 0. The van der Waals surface area contributed by atoms with Crippen molar-refractivity contribution >= 4 is 23.3 Å². The lowest BCUT2D eigenvalue weighted by molar-refractivity contribution is -0.137. The van der Waals surface area contributed by atoms with Gasteiger partial charge in [-0.3, -0.25) is 14.2 Å². The molecule has 0 radical (unpaired) electrons. The molecule has 6 nitrogen and oxygen atoms in total. The number of nitrogens with zero attached hydrogens (tertiary/aromatic N) is 4. The van der Waals surface area contributed by atoms with E-state index in [1.807, 2.05) is 6.92 Å². The van der Waals surface area contributed by atoms with Gasteiger partial charge in [-0.05, 0) is 38.5 Å². The van der Waals surface area contributed by atoms with Gasteiger partial charge in [-0.25, -0.2) is 0 Å². The zero-order chi connectivity index (χ0) is 22.9. The molecule has 1 unspecified atom stereocenters. The standard InChI is InChI=1S/C21H23ClF3N5O/c1-12(10-30-15(4)19(22)14(3)27-30)20(31)26-18-8-13(2)29(28-18)11-16-6-5-7-17(9-16)21(23,24)25/h5-9,12H,10-11H2,1-4H3,(H,26,28,31). The van der Waals surface area contributed by atoms with Crippen molar-refractivity contribution in [2.45, 2.75) is 47.0 Å². The molecule has 0 aliphatic rings. The van der Waals surface area contributed by atoms with E-state index in [-0.39, 0.29) is 12.5 Å². The van der Waals surface area contributed by atoms with Crippen LogP contribution in [0.1, 0.15) is 35.1 Å². The lowest BCUT2D eigenvalue weighted by atomic mass is 10.1. The smallest absolute Gasteiger partial charge is 0.309 e. The second-order valence-electron chi connectivity index (χ2n) is 7.58. The minimum atomic E-state index is -4.40. The summed E-state index contributed by atoms with van der Waals surface area (Å²) in [6.07, 6.45) is -4.40. The molecule has 0 aliphatic heterocycles. The zero-order valence-electron chi connectivity index (χ0n) is 17.6. The largest absolute Gasteiger partial charge is 0.416 e. The van der Waals surface area contributed by atoms with Crippen molar-refractivity contribution in [3.05, 3.63) is 63.6 Å². The monoisotopic (exact) mass is 453 g/mol. The normalized spacial score (nSPS) is 12.8. The number of halogens is 4. The summed E-state index contributed by atoms with van der Waals surface area (Å²) >= 11 is 6.15. The number of carbonyl (C=O) groups excluding carboxylic acids is 1. The molecule has 3 rings (SSSR count). The molecule has 1 N–H and O–H groups in total. The van der Waals surface area contributed by atoms with Gasteiger partial charge in [0.15, 0.2) is 5.82 Å². The summed E-state index contributed by atoms with van der Waals surface area (Å²) in [5.74, 6) is -0.303. The Hall–Kier alpha value is -2.81. The van der Waals surface area contributed by atoms with Crippen LogP contribution < -0.4 is 5.32 Å². The van der Waals surface area contributed by atoms with Gasteiger partial charge in [0.2, 0.25) is 5.91 Å². The molecule has 0 saturated heterocycles. The predicted molar refractivity (Wildman–Crippen MR) is 112 cm³/mol. The molecule has 1 amide bonds. The Bertz CT molecular complexity index is 1100. The lowest BCUT2D eigenvalue weighted by Crippen LogP contribution is -2.25. The van der Waals surface area contributed by atoms with Crippen LogP contribution in [0.2, 0.25) is 5.02 Å². The van der Waals surface area contributed by atoms with Crippen molar-refractivity contribution in [3.63, 3.8) is 0 Å². The third-order valence-corrected chi connectivity index (χ3v) is 5.55. The summed E-state index contributed by atoms with van der Waals surface area (Å²) in [6, 6.07) is 6.78. The number of rotatable bonds is 6. The number of nitrogens with one attached hydrogen (secondary N) is 1. The molecule has 3 aromatic rings. The van der Waals surface area contributed by atoms with Gasteiger partial charge in [0.1, 0.15) is 0 Å². The Balaban J connectivity index is 1.68. The predicted octanol–water partition coefficient (Wildman–Crippen LogP) is 5.00. The molecule has 0 bridgehead atoms. The Labute approximate surface area is 183 Å². The van der Waals surface area contributed by atoms with Gasteiger partial charge in [0, 0.05) is 11.8 Å². The quantitative estimate of drug-likeness (QED) is 0.571. The molecule has 166 valence electrons. The van der Waals surface area contributed by atoms with Gasteiger partial charge in [-0.2, -0.15) is 23.4 Å². The molecular weight excluding hydrogens is 431 g/mol. The van der Waals surface area contributed by atoms with E-state index < -0.39 is 17.7 Å². The van der Waals surface area contributed by atoms with E-state index in [1.54, 1.807) is 42.3 Å². The maximum atomic E-state index is 12.9. The minimum absolute atomic E-state index is 0.158. The third kappa shape index (κ3) is 5.28. The average molecular weight is 454 g/mol. The molecule has 0 aliphatic carbocycles. The van der Waals surface area contributed by atoms with Gasteiger partial charge in [0.25, 0.3) is 0 Å². The fourth-order valence-electron chi connectivity index (χ4n) is 3.19. The highest BCUT2D eigenvalue weighted by Gasteiger charge is 2.30. The van der Waals surface area contributed by atoms with E-state index >= 15 is 0 Å². The number of hydrogen-bond donors (Lipinski definition) is 1. The van der Waals surface area contributed by atoms with E-state index in [0.717, 1.165) is 17.8 Å². The van der Waals surface area contributed by atoms with Crippen molar-refractivity contribution < 1.29 is 18.0 Å². The Kier molecular flexibility index (Phi) is 6.45. The van der Waals surface area contributed by atoms with Crippen LogP contribution in [-0.4, -0.2) is 25.5 Å². The van der Waals surface area contributed by atoms with Crippen molar-refractivity contribution in [1.82, 2.24) is 19.6 Å². The Morgan fingerprint density at radius 1 is 1.16 bits per heavy atom. The Morgan fingerprint density at radius 3 is 2.48 bits per heavy atom. The summed E-state index contributed by atoms with van der Waals surface area (Å²) in [4.78, 5) is 12.6. The van der Waals surface area contributed by atoms with Gasteiger partial charge in [0.05, 0.1) is 41.0 Å². The summed E-state index contributed by atoms with van der Waals surface area (Å²) in [5, 5.41) is 12.0. The minimum Gasteiger partial charge on any atom is -0.309 e. The highest BCUT2D eigenvalue weighted by Crippen LogP contribution is 2.29. The first kappa shape index (κ1) is 22.9. The number of aromatic nitrogens is 4. The van der Waals surface area contributed by atoms with Crippen LogP contribution in [0.4, 0.5) is 19.0 Å².